The first-order valence-corrected chi connectivity index (χ1v) is 12.6. The van der Waals surface area contributed by atoms with Crippen LogP contribution < -0.4 is 16.0 Å². The third-order valence-corrected chi connectivity index (χ3v) is 5.71. The third-order valence-electron chi connectivity index (χ3n) is 5.71. The van der Waals surface area contributed by atoms with Gasteiger partial charge in [0.1, 0.15) is 17.7 Å². The van der Waals surface area contributed by atoms with E-state index in [1.165, 1.54) is 34.5 Å². The third kappa shape index (κ3) is 10.8. The standard InChI is InChI=1S/C20H27FN4.C11H15N/c1-4-5-6-16(9-10-22)14-25-20(24-3)11-15(2)17-7-8-18(13-23)19(21)12-17;1-5-10-8-9(2)6-7-11(10)12(3)4/h6-8,11-12H,4-5,9-10,14,22H2,1-3H3,(H,24,25);5-8H,1H2,2-4H3/b15-11+,16-6+;. The highest BCUT2D eigenvalue weighted by molar-refractivity contribution is 5.99. The summed E-state index contributed by atoms with van der Waals surface area (Å²) in [5, 5.41) is 12.1. The van der Waals surface area contributed by atoms with E-state index in [0.29, 0.717) is 13.1 Å². The van der Waals surface area contributed by atoms with Crippen LogP contribution >= 0.6 is 0 Å². The number of rotatable bonds is 10. The van der Waals surface area contributed by atoms with Gasteiger partial charge in [-0.05, 0) is 80.3 Å². The van der Waals surface area contributed by atoms with Crippen LogP contribution in [0, 0.1) is 24.1 Å². The Morgan fingerprint density at radius 2 is 1.97 bits per heavy atom. The molecule has 0 fully saturated rings. The van der Waals surface area contributed by atoms with Crippen LogP contribution in [0.15, 0.2) is 65.7 Å². The molecule has 0 saturated heterocycles. The molecule has 198 valence electrons. The second kappa shape index (κ2) is 16.9. The van der Waals surface area contributed by atoms with E-state index in [-0.39, 0.29) is 5.56 Å². The van der Waals surface area contributed by atoms with Crippen LogP contribution in [0.1, 0.15) is 55.4 Å². The number of allylic oxidation sites excluding steroid dienone is 2. The van der Waals surface area contributed by atoms with Crippen LogP contribution in [-0.2, 0) is 0 Å². The van der Waals surface area contributed by atoms with Crippen molar-refractivity contribution in [3.63, 3.8) is 0 Å². The molecule has 0 aliphatic rings. The summed E-state index contributed by atoms with van der Waals surface area (Å²) in [5.74, 6) is 0.213. The molecule has 0 atom stereocenters. The maximum absolute atomic E-state index is 13.8. The molecule has 0 heterocycles. The van der Waals surface area contributed by atoms with Gasteiger partial charge in [0, 0.05) is 33.4 Å². The number of hydrogen-bond acceptors (Lipinski definition) is 4. The number of hydrogen-bond donors (Lipinski definition) is 2. The van der Waals surface area contributed by atoms with Gasteiger partial charge < -0.3 is 16.0 Å². The summed E-state index contributed by atoms with van der Waals surface area (Å²) in [6, 6.07) is 12.8. The summed E-state index contributed by atoms with van der Waals surface area (Å²) in [6.07, 6.45) is 8.98. The Morgan fingerprint density at radius 1 is 1.24 bits per heavy atom. The molecule has 0 amide bonds. The summed E-state index contributed by atoms with van der Waals surface area (Å²) in [6.45, 7) is 11.2. The van der Waals surface area contributed by atoms with Crippen molar-refractivity contribution in [1.29, 1.82) is 5.26 Å². The zero-order valence-corrected chi connectivity index (χ0v) is 23.2. The Labute approximate surface area is 222 Å². The van der Waals surface area contributed by atoms with E-state index in [1.54, 1.807) is 13.1 Å². The van der Waals surface area contributed by atoms with E-state index in [2.05, 4.69) is 59.9 Å². The number of anilines is 1. The number of nitriles is 1. The van der Waals surface area contributed by atoms with Gasteiger partial charge in [-0.2, -0.15) is 5.26 Å². The highest BCUT2D eigenvalue weighted by Gasteiger charge is 2.06. The van der Waals surface area contributed by atoms with E-state index >= 15 is 0 Å². The molecule has 3 N–H and O–H groups in total. The van der Waals surface area contributed by atoms with E-state index in [4.69, 9.17) is 11.0 Å². The van der Waals surface area contributed by atoms with Gasteiger partial charge in [0.15, 0.2) is 0 Å². The second-order valence-corrected chi connectivity index (χ2v) is 8.95. The zero-order valence-electron chi connectivity index (χ0n) is 23.2. The van der Waals surface area contributed by atoms with Crippen molar-refractivity contribution in [3.05, 3.63) is 88.8 Å². The van der Waals surface area contributed by atoms with Crippen LogP contribution in [0.25, 0.3) is 11.6 Å². The SMILES string of the molecule is C=Cc1cc(C)ccc1N(C)C.CCC/C=C(\CCN)CNC(/C=C(\C)c1ccc(C#N)c(F)c1)=NC. The van der Waals surface area contributed by atoms with Crippen molar-refractivity contribution in [2.45, 2.75) is 40.0 Å². The van der Waals surface area contributed by atoms with Gasteiger partial charge in [0.25, 0.3) is 0 Å². The molecule has 0 radical (unpaired) electrons. The fourth-order valence-electron chi connectivity index (χ4n) is 3.58. The van der Waals surface area contributed by atoms with E-state index in [9.17, 15) is 4.39 Å². The molecule has 2 aromatic rings. The fourth-order valence-corrected chi connectivity index (χ4v) is 3.58. The lowest BCUT2D eigenvalue weighted by molar-refractivity contribution is 0.623. The lowest BCUT2D eigenvalue weighted by Crippen LogP contribution is -2.25. The van der Waals surface area contributed by atoms with Crippen LogP contribution in [-0.4, -0.2) is 40.1 Å². The van der Waals surface area contributed by atoms with Gasteiger partial charge in [-0.1, -0.05) is 55.3 Å². The summed E-state index contributed by atoms with van der Waals surface area (Å²) in [7, 11) is 5.79. The Bertz CT molecular complexity index is 1150. The Morgan fingerprint density at radius 3 is 2.51 bits per heavy atom. The first kappa shape index (κ1) is 31.3. The Hall–Kier alpha value is -3.69. The maximum Gasteiger partial charge on any atom is 0.141 e. The quantitative estimate of drug-likeness (QED) is 0.220. The van der Waals surface area contributed by atoms with Gasteiger partial charge >= 0.3 is 0 Å². The summed E-state index contributed by atoms with van der Waals surface area (Å²) in [5.41, 5.74) is 12.3. The summed E-state index contributed by atoms with van der Waals surface area (Å²) in [4.78, 5) is 6.34. The zero-order chi connectivity index (χ0) is 27.8. The lowest BCUT2D eigenvalue weighted by atomic mass is 10.0. The molecule has 37 heavy (non-hydrogen) atoms. The highest BCUT2D eigenvalue weighted by atomic mass is 19.1. The number of nitrogens with one attached hydrogen (secondary N) is 1. The first-order valence-electron chi connectivity index (χ1n) is 12.6. The molecule has 0 aromatic heterocycles. The van der Waals surface area contributed by atoms with E-state index in [1.807, 2.05) is 39.2 Å². The topological polar surface area (TPSA) is 77.4 Å². The van der Waals surface area contributed by atoms with E-state index in [0.717, 1.165) is 36.2 Å². The number of benzene rings is 2. The molecule has 0 saturated carbocycles. The van der Waals surface area contributed by atoms with Gasteiger partial charge in [-0.3, -0.25) is 4.99 Å². The molecule has 2 aromatic carbocycles. The van der Waals surface area contributed by atoms with E-state index < -0.39 is 5.82 Å². The average molecular weight is 504 g/mol. The number of amidine groups is 1. The second-order valence-electron chi connectivity index (χ2n) is 8.95. The van der Waals surface area contributed by atoms with Crippen LogP contribution in [0.5, 0.6) is 0 Å². The molecule has 0 aliphatic heterocycles. The molecule has 0 bridgehead atoms. The molecule has 5 nitrogen and oxygen atoms in total. The van der Waals surface area contributed by atoms with Crippen molar-refractivity contribution in [2.24, 2.45) is 10.7 Å². The van der Waals surface area contributed by atoms with Crippen LogP contribution in [0.2, 0.25) is 0 Å². The molecule has 0 aliphatic carbocycles. The van der Waals surface area contributed by atoms with Gasteiger partial charge in [0.05, 0.1) is 5.56 Å². The number of unbranched alkanes of at least 4 members (excludes halogenated alkanes) is 1. The minimum Gasteiger partial charge on any atom is -0.377 e. The number of aryl methyl sites for hydroxylation is 1. The summed E-state index contributed by atoms with van der Waals surface area (Å²) < 4.78 is 13.8. The number of nitrogens with two attached hydrogens (primary N) is 1. The Balaban J connectivity index is 0.000000474. The predicted molar refractivity (Wildman–Crippen MR) is 158 cm³/mol. The fraction of sp³-hybridized carbons (Fsp3) is 0.355. The molecule has 0 spiro atoms. The van der Waals surface area contributed by atoms with Gasteiger partial charge in [-0.25, -0.2) is 4.39 Å². The number of aliphatic imine (C=N–C) groups is 1. The van der Waals surface area contributed by atoms with Crippen molar-refractivity contribution in [3.8, 4) is 6.07 Å². The van der Waals surface area contributed by atoms with Crippen LogP contribution in [0.4, 0.5) is 10.1 Å². The highest BCUT2D eigenvalue weighted by Crippen LogP contribution is 2.20. The predicted octanol–water partition coefficient (Wildman–Crippen LogP) is 6.50. The van der Waals surface area contributed by atoms with Crippen molar-refractivity contribution in [2.75, 3.05) is 39.1 Å². The molecular formula is C31H42FN5. The Kier molecular flexibility index (Phi) is 14.3. The van der Waals surface area contributed by atoms with Gasteiger partial charge in [0.2, 0.25) is 0 Å². The van der Waals surface area contributed by atoms with Crippen molar-refractivity contribution < 1.29 is 4.39 Å². The van der Waals surface area contributed by atoms with Crippen LogP contribution in [0.3, 0.4) is 0 Å². The maximum atomic E-state index is 13.8. The number of halogens is 1. The molecule has 0 unspecified atom stereocenters. The minimum absolute atomic E-state index is 0.0477. The normalized spacial score (nSPS) is 11.8. The number of nitrogens with zero attached hydrogens (tertiary/aromatic N) is 3. The van der Waals surface area contributed by atoms with Crippen molar-refractivity contribution in [1.82, 2.24) is 5.32 Å². The average Bonchev–Trinajstić information content (AvgIpc) is 2.89. The molecule has 6 heteroatoms. The lowest BCUT2D eigenvalue weighted by Gasteiger charge is -2.15. The first-order chi connectivity index (χ1) is 17.7. The minimum atomic E-state index is -0.511. The summed E-state index contributed by atoms with van der Waals surface area (Å²) >= 11 is 0. The molecular weight excluding hydrogens is 461 g/mol. The largest absolute Gasteiger partial charge is 0.377 e. The monoisotopic (exact) mass is 503 g/mol. The van der Waals surface area contributed by atoms with Crippen molar-refractivity contribution >= 4 is 23.2 Å². The smallest absolute Gasteiger partial charge is 0.141 e. The van der Waals surface area contributed by atoms with Gasteiger partial charge in [-0.15, -0.1) is 0 Å². The molecule has 2 rings (SSSR count).